The summed E-state index contributed by atoms with van der Waals surface area (Å²) in [6, 6.07) is 10.3. The average Bonchev–Trinajstić information content (AvgIpc) is 2.71. The molecule has 1 N–H and O–H groups in total. The van der Waals surface area contributed by atoms with Crippen molar-refractivity contribution >= 4 is 23.3 Å². The number of nitro groups is 1. The highest BCUT2D eigenvalue weighted by Crippen LogP contribution is 2.29. The van der Waals surface area contributed by atoms with E-state index >= 15 is 0 Å². The van der Waals surface area contributed by atoms with Crippen LogP contribution in [-0.2, 0) is 9.53 Å². The zero-order valence-corrected chi connectivity index (χ0v) is 16.2. The molecule has 0 aliphatic carbocycles. The second kappa shape index (κ2) is 10.6. The second-order valence-electron chi connectivity index (χ2n) is 5.84. The fraction of sp³-hybridized carbons (Fsp3) is 0.300. The minimum Gasteiger partial charge on any atom is -0.490 e. The van der Waals surface area contributed by atoms with Gasteiger partial charge >= 0.3 is 5.97 Å². The Bertz CT molecular complexity index is 883. The maximum absolute atomic E-state index is 12.3. The summed E-state index contributed by atoms with van der Waals surface area (Å²) in [5.74, 6) is -0.509. The zero-order valence-electron chi connectivity index (χ0n) is 16.2. The number of nitro benzene ring substituents is 1. The van der Waals surface area contributed by atoms with Crippen molar-refractivity contribution in [3.8, 4) is 11.5 Å². The molecule has 9 heteroatoms. The number of carbonyl (C=O) groups excluding carboxylic acids is 2. The second-order valence-corrected chi connectivity index (χ2v) is 5.84. The van der Waals surface area contributed by atoms with E-state index < -0.39 is 23.4 Å². The van der Waals surface area contributed by atoms with E-state index in [1.54, 1.807) is 12.1 Å². The smallest absolute Gasteiger partial charge is 0.338 e. The molecule has 0 aliphatic heterocycles. The highest BCUT2D eigenvalue weighted by Gasteiger charge is 2.17. The molecule has 0 spiro atoms. The Morgan fingerprint density at radius 3 is 2.52 bits per heavy atom. The van der Waals surface area contributed by atoms with Crippen LogP contribution in [0.25, 0.3) is 0 Å². The van der Waals surface area contributed by atoms with Crippen LogP contribution in [0.2, 0.25) is 0 Å². The Balaban J connectivity index is 2.00. The third-order valence-electron chi connectivity index (χ3n) is 3.65. The molecule has 0 aromatic heterocycles. The molecular formula is C20H22N2O7. The van der Waals surface area contributed by atoms with Gasteiger partial charge in [-0.3, -0.25) is 14.9 Å². The van der Waals surface area contributed by atoms with Gasteiger partial charge in [0.1, 0.15) is 5.69 Å². The number of hydrogen-bond acceptors (Lipinski definition) is 7. The molecule has 2 aromatic carbocycles. The van der Waals surface area contributed by atoms with Gasteiger partial charge in [-0.05, 0) is 37.6 Å². The number of rotatable bonds is 10. The summed E-state index contributed by atoms with van der Waals surface area (Å²) >= 11 is 0. The van der Waals surface area contributed by atoms with Crippen molar-refractivity contribution in [3.63, 3.8) is 0 Å². The molecule has 0 saturated heterocycles. The monoisotopic (exact) mass is 402 g/mol. The molecule has 0 saturated carbocycles. The van der Waals surface area contributed by atoms with Gasteiger partial charge < -0.3 is 19.5 Å². The van der Waals surface area contributed by atoms with Crippen LogP contribution in [-0.4, -0.2) is 36.6 Å². The van der Waals surface area contributed by atoms with Gasteiger partial charge in [0.15, 0.2) is 18.1 Å². The number of ether oxygens (including phenoxy) is 3. The highest BCUT2D eigenvalue weighted by molar-refractivity contribution is 5.97. The fourth-order valence-corrected chi connectivity index (χ4v) is 2.37. The summed E-state index contributed by atoms with van der Waals surface area (Å²) in [5.41, 5.74) is -0.0402. The molecule has 154 valence electrons. The Labute approximate surface area is 167 Å². The van der Waals surface area contributed by atoms with Gasteiger partial charge in [-0.25, -0.2) is 4.79 Å². The Hall–Kier alpha value is -3.62. The first kappa shape index (κ1) is 21.7. The van der Waals surface area contributed by atoms with Crippen LogP contribution in [0, 0.1) is 10.1 Å². The molecule has 2 rings (SSSR count). The molecule has 0 unspecified atom stereocenters. The summed E-state index contributed by atoms with van der Waals surface area (Å²) in [4.78, 5) is 34.6. The van der Waals surface area contributed by atoms with Crippen molar-refractivity contribution in [1.82, 2.24) is 0 Å². The number of carbonyl (C=O) groups is 2. The Kier molecular flexibility index (Phi) is 7.96. The normalized spacial score (nSPS) is 10.1. The van der Waals surface area contributed by atoms with Gasteiger partial charge in [-0.15, -0.1) is 0 Å². The standard InChI is InChI=1S/C20H22N2O7/c1-3-11-28-17-10-9-14(12-18(17)27-4-2)20(24)29-13-19(23)21-15-7-5-6-8-16(15)22(25)26/h5-10,12H,3-4,11,13H2,1-2H3,(H,21,23). The van der Waals surface area contributed by atoms with E-state index in [-0.39, 0.29) is 16.9 Å². The third kappa shape index (κ3) is 6.20. The molecule has 9 nitrogen and oxygen atoms in total. The molecular weight excluding hydrogens is 380 g/mol. The summed E-state index contributed by atoms with van der Waals surface area (Å²) in [6.45, 7) is 4.08. The molecule has 2 aromatic rings. The van der Waals surface area contributed by atoms with Crippen molar-refractivity contribution in [2.45, 2.75) is 20.3 Å². The Morgan fingerprint density at radius 1 is 1.07 bits per heavy atom. The lowest BCUT2D eigenvalue weighted by Crippen LogP contribution is -2.21. The van der Waals surface area contributed by atoms with Crippen LogP contribution in [0.1, 0.15) is 30.6 Å². The van der Waals surface area contributed by atoms with E-state index in [1.807, 2.05) is 13.8 Å². The largest absolute Gasteiger partial charge is 0.490 e. The first-order valence-electron chi connectivity index (χ1n) is 9.06. The molecule has 0 heterocycles. The lowest BCUT2D eigenvalue weighted by atomic mass is 10.2. The predicted octanol–water partition coefficient (Wildman–Crippen LogP) is 3.58. The van der Waals surface area contributed by atoms with Gasteiger partial charge in [0, 0.05) is 6.07 Å². The number of nitrogens with one attached hydrogen (secondary N) is 1. The van der Waals surface area contributed by atoms with E-state index in [1.165, 1.54) is 30.3 Å². The number of para-hydroxylation sites is 2. The van der Waals surface area contributed by atoms with Gasteiger partial charge in [0.25, 0.3) is 11.6 Å². The van der Waals surface area contributed by atoms with Gasteiger partial charge in [0.2, 0.25) is 0 Å². The number of hydrogen-bond donors (Lipinski definition) is 1. The van der Waals surface area contributed by atoms with Gasteiger partial charge in [0.05, 0.1) is 23.7 Å². The lowest BCUT2D eigenvalue weighted by Gasteiger charge is -2.13. The first-order valence-corrected chi connectivity index (χ1v) is 9.06. The number of anilines is 1. The summed E-state index contributed by atoms with van der Waals surface area (Å²) in [5, 5.41) is 13.3. The SMILES string of the molecule is CCCOc1ccc(C(=O)OCC(=O)Nc2ccccc2[N+](=O)[O-])cc1OCC. The number of amides is 1. The Morgan fingerprint density at radius 2 is 1.83 bits per heavy atom. The first-order chi connectivity index (χ1) is 14.0. The van der Waals surface area contributed by atoms with E-state index in [4.69, 9.17) is 14.2 Å². The third-order valence-corrected chi connectivity index (χ3v) is 3.65. The summed E-state index contributed by atoms with van der Waals surface area (Å²) < 4.78 is 16.1. The van der Waals surface area contributed by atoms with Crippen molar-refractivity contribution in [2.24, 2.45) is 0 Å². The maximum atomic E-state index is 12.3. The lowest BCUT2D eigenvalue weighted by molar-refractivity contribution is -0.383. The molecule has 0 atom stereocenters. The predicted molar refractivity (Wildman–Crippen MR) is 105 cm³/mol. The van der Waals surface area contributed by atoms with Crippen LogP contribution < -0.4 is 14.8 Å². The maximum Gasteiger partial charge on any atom is 0.338 e. The molecule has 0 aliphatic rings. The van der Waals surface area contributed by atoms with Crippen molar-refractivity contribution in [1.29, 1.82) is 0 Å². The topological polar surface area (TPSA) is 117 Å². The average molecular weight is 402 g/mol. The van der Waals surface area contributed by atoms with Crippen LogP contribution in [0.5, 0.6) is 11.5 Å². The number of benzene rings is 2. The minimum atomic E-state index is -0.731. The molecule has 0 radical (unpaired) electrons. The molecule has 29 heavy (non-hydrogen) atoms. The van der Waals surface area contributed by atoms with E-state index in [2.05, 4.69) is 5.32 Å². The van der Waals surface area contributed by atoms with Crippen molar-refractivity contribution in [3.05, 3.63) is 58.1 Å². The quantitative estimate of drug-likeness (QED) is 0.367. The van der Waals surface area contributed by atoms with Crippen LogP contribution in [0.15, 0.2) is 42.5 Å². The van der Waals surface area contributed by atoms with Crippen molar-refractivity contribution < 1.29 is 28.7 Å². The van der Waals surface area contributed by atoms with Crippen LogP contribution in [0.3, 0.4) is 0 Å². The van der Waals surface area contributed by atoms with Crippen LogP contribution in [0.4, 0.5) is 11.4 Å². The number of nitrogens with zero attached hydrogens (tertiary/aromatic N) is 1. The molecule has 0 bridgehead atoms. The molecule has 1 amide bonds. The minimum absolute atomic E-state index is 0.0228. The van der Waals surface area contributed by atoms with Crippen LogP contribution >= 0.6 is 0 Å². The van der Waals surface area contributed by atoms with E-state index in [0.29, 0.717) is 24.7 Å². The van der Waals surface area contributed by atoms with E-state index in [9.17, 15) is 19.7 Å². The molecule has 0 fully saturated rings. The van der Waals surface area contributed by atoms with Gasteiger partial charge in [-0.1, -0.05) is 19.1 Å². The zero-order chi connectivity index (χ0) is 21.2. The van der Waals surface area contributed by atoms with Gasteiger partial charge in [-0.2, -0.15) is 0 Å². The van der Waals surface area contributed by atoms with Crippen molar-refractivity contribution in [2.75, 3.05) is 25.1 Å². The fourth-order valence-electron chi connectivity index (χ4n) is 2.37. The number of esters is 1. The summed E-state index contributed by atoms with van der Waals surface area (Å²) in [6.07, 6.45) is 0.823. The summed E-state index contributed by atoms with van der Waals surface area (Å²) in [7, 11) is 0. The van der Waals surface area contributed by atoms with E-state index in [0.717, 1.165) is 6.42 Å². The highest BCUT2D eigenvalue weighted by atomic mass is 16.6.